The number of hydrogen-bond donors (Lipinski definition) is 0. The lowest BCUT2D eigenvalue weighted by Crippen LogP contribution is -1.94. The Hall–Kier alpha value is -1.11. The second-order valence-electron chi connectivity index (χ2n) is 4.25. The SMILES string of the molecule is CCCSCc1nnc2sc(-c3ccccc3Cl)nn12. The first-order valence-corrected chi connectivity index (χ1v) is 8.68. The van der Waals surface area contributed by atoms with Crippen molar-refractivity contribution in [3.63, 3.8) is 0 Å². The number of rotatable bonds is 5. The largest absolute Gasteiger partial charge is 0.235 e. The molecule has 104 valence electrons. The van der Waals surface area contributed by atoms with Gasteiger partial charge in [0.2, 0.25) is 4.96 Å². The maximum absolute atomic E-state index is 6.21. The summed E-state index contributed by atoms with van der Waals surface area (Å²) in [5.41, 5.74) is 0.942. The quantitative estimate of drug-likeness (QED) is 0.661. The zero-order valence-corrected chi connectivity index (χ0v) is 13.3. The van der Waals surface area contributed by atoms with Gasteiger partial charge in [-0.3, -0.25) is 0 Å². The Kier molecular flexibility index (Phi) is 4.24. The van der Waals surface area contributed by atoms with E-state index in [2.05, 4.69) is 22.2 Å². The molecule has 0 N–H and O–H groups in total. The Balaban J connectivity index is 1.93. The van der Waals surface area contributed by atoms with Crippen LogP contribution in [0.25, 0.3) is 15.5 Å². The van der Waals surface area contributed by atoms with Crippen LogP contribution in [0, 0.1) is 0 Å². The maximum Gasteiger partial charge on any atom is 0.235 e. The van der Waals surface area contributed by atoms with Gasteiger partial charge in [0.05, 0.1) is 10.8 Å². The highest BCUT2D eigenvalue weighted by atomic mass is 35.5. The summed E-state index contributed by atoms with van der Waals surface area (Å²) in [5, 5.41) is 14.6. The summed E-state index contributed by atoms with van der Waals surface area (Å²) in [6, 6.07) is 7.72. The minimum Gasteiger partial charge on any atom is -0.186 e. The molecule has 0 saturated heterocycles. The molecule has 0 aliphatic rings. The topological polar surface area (TPSA) is 43.1 Å². The predicted octanol–water partition coefficient (Wildman–Crippen LogP) is 4.15. The second-order valence-corrected chi connectivity index (χ2v) is 6.72. The average molecular weight is 325 g/mol. The van der Waals surface area contributed by atoms with E-state index < -0.39 is 0 Å². The molecule has 0 bridgehead atoms. The summed E-state index contributed by atoms with van der Waals surface area (Å²) in [5.74, 6) is 2.85. The fraction of sp³-hybridized carbons (Fsp3) is 0.308. The molecule has 1 aromatic carbocycles. The van der Waals surface area contributed by atoms with Crippen LogP contribution in [0.4, 0.5) is 0 Å². The molecule has 0 spiro atoms. The van der Waals surface area contributed by atoms with Gasteiger partial charge in [0, 0.05) is 5.56 Å². The van der Waals surface area contributed by atoms with Crippen molar-refractivity contribution in [2.24, 2.45) is 0 Å². The zero-order valence-electron chi connectivity index (χ0n) is 10.9. The van der Waals surface area contributed by atoms with Crippen molar-refractivity contribution in [1.82, 2.24) is 19.8 Å². The second kappa shape index (κ2) is 6.11. The smallest absolute Gasteiger partial charge is 0.186 e. The highest BCUT2D eigenvalue weighted by Gasteiger charge is 2.14. The molecule has 0 amide bonds. The van der Waals surface area contributed by atoms with E-state index in [1.54, 1.807) is 0 Å². The summed E-state index contributed by atoms with van der Waals surface area (Å²) in [6.07, 6.45) is 1.16. The van der Waals surface area contributed by atoms with Gasteiger partial charge in [0.25, 0.3) is 0 Å². The molecule has 3 rings (SSSR count). The van der Waals surface area contributed by atoms with Crippen molar-refractivity contribution < 1.29 is 0 Å². The van der Waals surface area contributed by atoms with Crippen LogP contribution in [0.15, 0.2) is 24.3 Å². The lowest BCUT2D eigenvalue weighted by atomic mass is 10.2. The van der Waals surface area contributed by atoms with Crippen LogP contribution in [0.2, 0.25) is 5.02 Å². The monoisotopic (exact) mass is 324 g/mol. The van der Waals surface area contributed by atoms with Gasteiger partial charge in [-0.25, -0.2) is 0 Å². The highest BCUT2D eigenvalue weighted by molar-refractivity contribution is 7.98. The van der Waals surface area contributed by atoms with Gasteiger partial charge >= 0.3 is 0 Å². The third kappa shape index (κ3) is 2.68. The fourth-order valence-corrected chi connectivity index (χ4v) is 3.77. The summed E-state index contributed by atoms with van der Waals surface area (Å²) in [4.78, 5) is 0.812. The van der Waals surface area contributed by atoms with Crippen molar-refractivity contribution >= 4 is 39.7 Å². The van der Waals surface area contributed by atoms with Gasteiger partial charge in [-0.05, 0) is 18.2 Å². The van der Waals surface area contributed by atoms with Crippen molar-refractivity contribution in [3.8, 4) is 10.6 Å². The van der Waals surface area contributed by atoms with Crippen molar-refractivity contribution in [2.75, 3.05) is 5.75 Å². The van der Waals surface area contributed by atoms with E-state index in [1.807, 2.05) is 40.5 Å². The summed E-state index contributed by atoms with van der Waals surface area (Å²) < 4.78 is 1.83. The number of nitrogens with zero attached hydrogens (tertiary/aromatic N) is 4. The molecule has 0 radical (unpaired) electrons. The number of halogens is 1. The lowest BCUT2D eigenvalue weighted by molar-refractivity contribution is 0.887. The lowest BCUT2D eigenvalue weighted by Gasteiger charge is -1.98. The molecule has 2 aromatic heterocycles. The molecule has 3 aromatic rings. The molecule has 2 heterocycles. The van der Waals surface area contributed by atoms with E-state index in [0.717, 1.165) is 39.3 Å². The predicted molar refractivity (Wildman–Crippen MR) is 85.6 cm³/mol. The normalized spacial score (nSPS) is 11.3. The van der Waals surface area contributed by atoms with Crippen LogP contribution in [0.3, 0.4) is 0 Å². The summed E-state index contributed by atoms with van der Waals surface area (Å²) in [6.45, 7) is 2.17. The van der Waals surface area contributed by atoms with Gasteiger partial charge < -0.3 is 0 Å². The zero-order chi connectivity index (χ0) is 13.9. The van der Waals surface area contributed by atoms with Gasteiger partial charge in [-0.1, -0.05) is 48.1 Å². The van der Waals surface area contributed by atoms with Crippen molar-refractivity contribution in [2.45, 2.75) is 19.1 Å². The molecular formula is C13H13ClN4S2. The van der Waals surface area contributed by atoms with E-state index in [0.29, 0.717) is 5.02 Å². The third-order valence-electron chi connectivity index (χ3n) is 2.74. The number of hydrogen-bond acceptors (Lipinski definition) is 5. The molecule has 4 nitrogen and oxygen atoms in total. The number of aromatic nitrogens is 4. The summed E-state index contributed by atoms with van der Waals surface area (Å²) in [7, 11) is 0. The first-order valence-electron chi connectivity index (χ1n) is 6.33. The molecule has 20 heavy (non-hydrogen) atoms. The van der Waals surface area contributed by atoms with Crippen LogP contribution in [0.5, 0.6) is 0 Å². The van der Waals surface area contributed by atoms with Crippen molar-refractivity contribution in [3.05, 3.63) is 35.1 Å². The minimum atomic E-state index is 0.708. The molecule has 0 saturated carbocycles. The first kappa shape index (κ1) is 13.9. The fourth-order valence-electron chi connectivity index (χ4n) is 1.80. The third-order valence-corrected chi connectivity index (χ3v) is 5.16. The number of fused-ring (bicyclic) bond motifs is 1. The average Bonchev–Trinajstić information content (AvgIpc) is 3.01. The van der Waals surface area contributed by atoms with Gasteiger partial charge in [-0.15, -0.1) is 10.2 Å². The molecule has 0 aliphatic carbocycles. The van der Waals surface area contributed by atoms with E-state index in [4.69, 9.17) is 11.6 Å². The first-order chi connectivity index (χ1) is 9.79. The standard InChI is InChI=1S/C13H13ClN4S2/c1-2-7-19-8-11-15-16-13-18(11)17-12(20-13)9-5-3-4-6-10(9)14/h3-6H,2,7-8H2,1H3. The van der Waals surface area contributed by atoms with E-state index >= 15 is 0 Å². The van der Waals surface area contributed by atoms with Crippen LogP contribution >= 0.6 is 34.7 Å². The Morgan fingerprint density at radius 1 is 1.30 bits per heavy atom. The van der Waals surface area contributed by atoms with Crippen LogP contribution < -0.4 is 0 Å². The van der Waals surface area contributed by atoms with Gasteiger partial charge in [-0.2, -0.15) is 21.4 Å². The number of benzene rings is 1. The van der Waals surface area contributed by atoms with Gasteiger partial charge in [0.1, 0.15) is 5.01 Å². The molecule has 7 heteroatoms. The highest BCUT2D eigenvalue weighted by Crippen LogP contribution is 2.31. The molecular weight excluding hydrogens is 312 g/mol. The minimum absolute atomic E-state index is 0.708. The van der Waals surface area contributed by atoms with Crippen molar-refractivity contribution in [1.29, 1.82) is 0 Å². The Bertz CT molecular complexity index is 722. The molecule has 0 fully saturated rings. The maximum atomic E-state index is 6.21. The van der Waals surface area contributed by atoms with E-state index in [1.165, 1.54) is 11.3 Å². The van der Waals surface area contributed by atoms with Crippen LogP contribution in [-0.4, -0.2) is 25.6 Å². The number of thioether (sulfide) groups is 1. The molecule has 0 atom stereocenters. The Morgan fingerprint density at radius 3 is 2.95 bits per heavy atom. The molecule has 0 unspecified atom stereocenters. The van der Waals surface area contributed by atoms with E-state index in [9.17, 15) is 0 Å². The van der Waals surface area contributed by atoms with E-state index in [-0.39, 0.29) is 0 Å². The Morgan fingerprint density at radius 2 is 2.15 bits per heavy atom. The summed E-state index contributed by atoms with van der Waals surface area (Å²) >= 11 is 9.57. The Labute approximate surface area is 130 Å². The molecule has 0 aliphatic heterocycles. The van der Waals surface area contributed by atoms with Crippen LogP contribution in [-0.2, 0) is 5.75 Å². The van der Waals surface area contributed by atoms with Crippen LogP contribution in [0.1, 0.15) is 19.2 Å². The van der Waals surface area contributed by atoms with Gasteiger partial charge in [0.15, 0.2) is 5.82 Å².